The highest BCUT2D eigenvalue weighted by Crippen LogP contribution is 2.27. The van der Waals surface area contributed by atoms with Gasteiger partial charge in [0.25, 0.3) is 21.8 Å². The van der Waals surface area contributed by atoms with E-state index in [2.05, 4.69) is 10.0 Å². The molecule has 3 rings (SSSR count). The largest absolute Gasteiger partial charge is 0.483 e. The van der Waals surface area contributed by atoms with Crippen LogP contribution in [0.5, 0.6) is 5.75 Å². The Kier molecular flexibility index (Phi) is 7.91. The Morgan fingerprint density at radius 3 is 2.49 bits per heavy atom. The SMILES string of the molecule is N#Cc1ccc(CNC(=O)c2cc(Cl)c(F)cc2NS(=O)(=O)c2ccccc2)c(OCC(N)=O)c1. The lowest BCUT2D eigenvalue weighted by molar-refractivity contribution is -0.119. The average Bonchev–Trinajstić information content (AvgIpc) is 2.83. The molecule has 0 bridgehead atoms. The van der Waals surface area contributed by atoms with E-state index in [4.69, 9.17) is 27.3 Å². The van der Waals surface area contributed by atoms with E-state index in [-0.39, 0.29) is 39.0 Å². The Balaban J connectivity index is 1.87. The van der Waals surface area contributed by atoms with Gasteiger partial charge in [-0.05, 0) is 30.3 Å². The Morgan fingerprint density at radius 1 is 1.11 bits per heavy atom. The van der Waals surface area contributed by atoms with Crippen LogP contribution >= 0.6 is 11.6 Å². The predicted molar refractivity (Wildman–Crippen MR) is 126 cm³/mol. The van der Waals surface area contributed by atoms with Crippen molar-refractivity contribution in [1.82, 2.24) is 5.32 Å². The van der Waals surface area contributed by atoms with Crippen molar-refractivity contribution in [3.05, 3.63) is 88.2 Å². The number of hydrogen-bond acceptors (Lipinski definition) is 6. The lowest BCUT2D eigenvalue weighted by Crippen LogP contribution is -2.26. The van der Waals surface area contributed by atoms with Gasteiger partial charge in [0.15, 0.2) is 6.61 Å². The summed E-state index contributed by atoms with van der Waals surface area (Å²) in [5.74, 6) is -2.30. The van der Waals surface area contributed by atoms with E-state index >= 15 is 0 Å². The number of carbonyl (C=O) groups excluding carboxylic acids is 2. The van der Waals surface area contributed by atoms with Gasteiger partial charge in [0.05, 0.1) is 32.8 Å². The third kappa shape index (κ3) is 6.47. The molecule has 0 saturated heterocycles. The molecular formula is C23H18ClFN4O5S. The summed E-state index contributed by atoms with van der Waals surface area (Å²) >= 11 is 5.84. The molecule has 0 aliphatic carbocycles. The minimum Gasteiger partial charge on any atom is -0.483 e. The zero-order chi connectivity index (χ0) is 25.6. The van der Waals surface area contributed by atoms with Crippen molar-refractivity contribution in [1.29, 1.82) is 5.26 Å². The fraction of sp³-hybridized carbons (Fsp3) is 0.0870. The molecule has 0 spiro atoms. The molecule has 4 N–H and O–H groups in total. The second-order valence-corrected chi connectivity index (χ2v) is 9.19. The molecule has 2 amide bonds. The number of rotatable bonds is 9. The summed E-state index contributed by atoms with van der Waals surface area (Å²) in [5, 5.41) is 11.3. The minimum absolute atomic E-state index is 0.0875. The molecule has 3 aromatic rings. The Hall–Kier alpha value is -4.14. The molecule has 0 heterocycles. The molecule has 0 radical (unpaired) electrons. The van der Waals surface area contributed by atoms with Crippen molar-refractivity contribution >= 4 is 39.1 Å². The normalized spacial score (nSPS) is 10.8. The summed E-state index contributed by atoms with van der Waals surface area (Å²) in [4.78, 5) is 23.9. The van der Waals surface area contributed by atoms with Crippen molar-refractivity contribution in [2.24, 2.45) is 5.73 Å². The quantitative estimate of drug-likeness (QED) is 0.397. The number of benzene rings is 3. The first-order valence-corrected chi connectivity index (χ1v) is 11.8. The van der Waals surface area contributed by atoms with Gasteiger partial charge in [-0.1, -0.05) is 35.9 Å². The van der Waals surface area contributed by atoms with Gasteiger partial charge < -0.3 is 15.8 Å². The first-order chi connectivity index (χ1) is 16.6. The van der Waals surface area contributed by atoms with Crippen LogP contribution in [0.2, 0.25) is 5.02 Å². The Morgan fingerprint density at radius 2 is 1.83 bits per heavy atom. The Labute approximate surface area is 205 Å². The minimum atomic E-state index is -4.13. The summed E-state index contributed by atoms with van der Waals surface area (Å²) < 4.78 is 47.1. The number of nitrogens with zero attached hydrogens (tertiary/aromatic N) is 1. The van der Waals surface area contributed by atoms with E-state index in [0.29, 0.717) is 5.56 Å². The third-order valence-electron chi connectivity index (χ3n) is 4.61. The fourth-order valence-corrected chi connectivity index (χ4v) is 4.20. The summed E-state index contributed by atoms with van der Waals surface area (Å²) in [5.41, 5.74) is 5.20. The Bertz CT molecular complexity index is 1430. The van der Waals surface area contributed by atoms with E-state index < -0.39 is 34.3 Å². The maximum absolute atomic E-state index is 14.1. The van der Waals surface area contributed by atoms with Crippen molar-refractivity contribution in [3.8, 4) is 11.8 Å². The van der Waals surface area contributed by atoms with Gasteiger partial charge in [-0.2, -0.15) is 5.26 Å². The molecule has 0 aliphatic heterocycles. The lowest BCUT2D eigenvalue weighted by atomic mass is 10.1. The molecule has 180 valence electrons. The van der Waals surface area contributed by atoms with Gasteiger partial charge in [0.1, 0.15) is 11.6 Å². The van der Waals surface area contributed by atoms with E-state index in [9.17, 15) is 22.4 Å². The van der Waals surface area contributed by atoms with Crippen molar-refractivity contribution in [2.75, 3.05) is 11.3 Å². The van der Waals surface area contributed by atoms with Gasteiger partial charge >= 0.3 is 0 Å². The van der Waals surface area contributed by atoms with Gasteiger partial charge in [0.2, 0.25) is 0 Å². The molecule has 0 unspecified atom stereocenters. The van der Waals surface area contributed by atoms with Crippen LogP contribution in [0.25, 0.3) is 0 Å². The molecule has 12 heteroatoms. The number of nitrogens with one attached hydrogen (secondary N) is 2. The molecule has 35 heavy (non-hydrogen) atoms. The zero-order valence-electron chi connectivity index (χ0n) is 17.9. The summed E-state index contributed by atoms with van der Waals surface area (Å²) in [6, 6.07) is 15.4. The summed E-state index contributed by atoms with van der Waals surface area (Å²) in [6.45, 7) is -0.590. The van der Waals surface area contributed by atoms with Crippen LogP contribution in [0.4, 0.5) is 10.1 Å². The molecule has 9 nitrogen and oxygen atoms in total. The highest BCUT2D eigenvalue weighted by Gasteiger charge is 2.21. The monoisotopic (exact) mass is 516 g/mol. The lowest BCUT2D eigenvalue weighted by Gasteiger charge is -2.15. The number of anilines is 1. The predicted octanol–water partition coefficient (Wildman–Crippen LogP) is 2.95. The maximum atomic E-state index is 14.1. The molecule has 0 saturated carbocycles. The maximum Gasteiger partial charge on any atom is 0.261 e. The number of nitriles is 1. The van der Waals surface area contributed by atoms with Crippen LogP contribution in [-0.4, -0.2) is 26.8 Å². The number of primary amides is 1. The van der Waals surface area contributed by atoms with Crippen LogP contribution < -0.4 is 20.5 Å². The molecule has 0 aromatic heterocycles. The highest BCUT2D eigenvalue weighted by atomic mass is 35.5. The number of ether oxygens (including phenoxy) is 1. The molecule has 0 fully saturated rings. The topological polar surface area (TPSA) is 151 Å². The van der Waals surface area contributed by atoms with Crippen LogP contribution in [-0.2, 0) is 21.4 Å². The highest BCUT2D eigenvalue weighted by molar-refractivity contribution is 7.92. The average molecular weight is 517 g/mol. The van der Waals surface area contributed by atoms with Crippen molar-refractivity contribution < 1.29 is 27.1 Å². The van der Waals surface area contributed by atoms with Crippen LogP contribution in [0, 0.1) is 17.1 Å². The number of hydrogen-bond donors (Lipinski definition) is 3. The second kappa shape index (κ2) is 10.9. The number of halogens is 2. The molecule has 0 atom stereocenters. The van der Waals surface area contributed by atoms with Crippen molar-refractivity contribution in [3.63, 3.8) is 0 Å². The standard InChI is InChI=1S/C23H18ClFN4O5S/c24-18-9-17(20(10-19(18)25)29-35(32,33)16-4-2-1-3-5-16)23(31)28-12-15-7-6-14(11-26)8-21(15)34-13-22(27)30/h1-10,29H,12-13H2,(H2,27,30)(H,28,31). The van der Waals surface area contributed by atoms with Gasteiger partial charge in [-0.15, -0.1) is 0 Å². The van der Waals surface area contributed by atoms with E-state index in [1.807, 2.05) is 6.07 Å². The fourth-order valence-electron chi connectivity index (χ4n) is 2.95. The first kappa shape index (κ1) is 25.5. The molecule has 3 aromatic carbocycles. The van der Waals surface area contributed by atoms with E-state index in [0.717, 1.165) is 12.1 Å². The van der Waals surface area contributed by atoms with Crippen LogP contribution in [0.15, 0.2) is 65.6 Å². The van der Waals surface area contributed by atoms with Gasteiger partial charge in [0, 0.05) is 18.2 Å². The summed E-state index contributed by atoms with van der Waals surface area (Å²) in [6.07, 6.45) is 0. The number of nitrogens with two attached hydrogens (primary N) is 1. The second-order valence-electron chi connectivity index (χ2n) is 7.10. The smallest absolute Gasteiger partial charge is 0.261 e. The molecule has 0 aliphatic rings. The summed E-state index contributed by atoms with van der Waals surface area (Å²) in [7, 11) is -4.13. The van der Waals surface area contributed by atoms with Gasteiger partial charge in [-0.3, -0.25) is 14.3 Å². The number of sulfonamides is 1. The molecular weight excluding hydrogens is 499 g/mol. The number of carbonyl (C=O) groups is 2. The van der Waals surface area contributed by atoms with Crippen LogP contribution in [0.1, 0.15) is 21.5 Å². The van der Waals surface area contributed by atoms with Gasteiger partial charge in [-0.25, -0.2) is 12.8 Å². The van der Waals surface area contributed by atoms with Crippen LogP contribution in [0.3, 0.4) is 0 Å². The van der Waals surface area contributed by atoms with E-state index in [1.54, 1.807) is 6.07 Å². The zero-order valence-corrected chi connectivity index (χ0v) is 19.5. The van der Waals surface area contributed by atoms with E-state index in [1.165, 1.54) is 42.5 Å². The third-order valence-corrected chi connectivity index (χ3v) is 6.28. The first-order valence-electron chi connectivity index (χ1n) is 9.90. The van der Waals surface area contributed by atoms with Crippen molar-refractivity contribution in [2.45, 2.75) is 11.4 Å². The number of amides is 2.